The molecule has 2 aromatic rings. The molecule has 0 aliphatic carbocycles. The molecule has 0 spiro atoms. The lowest BCUT2D eigenvalue weighted by Crippen LogP contribution is -2.20. The van der Waals surface area contributed by atoms with Crippen molar-refractivity contribution in [3.8, 4) is 11.5 Å². The molecule has 0 bridgehead atoms. The standard InChI is InChI=1S/C15H17N3O4S/c1-10(2)8-21-13-4-3-11(22-9-19)7-12(13)17-14(20)18-15-16-5-6-23-15/h3-7,9-10H,8H2,1-2H3,(H2,16,17,18,20). The van der Waals surface area contributed by atoms with Gasteiger partial charge in [-0.2, -0.15) is 0 Å². The average molecular weight is 335 g/mol. The van der Waals surface area contributed by atoms with Gasteiger partial charge in [0.25, 0.3) is 6.47 Å². The molecule has 2 rings (SSSR count). The first-order chi connectivity index (χ1) is 11.1. The fraction of sp³-hybridized carbons (Fsp3) is 0.267. The summed E-state index contributed by atoms with van der Waals surface area (Å²) in [6.45, 7) is 4.86. The Kier molecular flexibility index (Phi) is 5.93. The molecule has 0 radical (unpaired) electrons. The van der Waals surface area contributed by atoms with Crippen LogP contribution in [0.2, 0.25) is 0 Å². The van der Waals surface area contributed by atoms with Crippen LogP contribution in [0.1, 0.15) is 13.8 Å². The van der Waals surface area contributed by atoms with E-state index in [0.717, 1.165) is 0 Å². The highest BCUT2D eigenvalue weighted by atomic mass is 32.1. The Bertz CT molecular complexity index is 659. The van der Waals surface area contributed by atoms with E-state index >= 15 is 0 Å². The summed E-state index contributed by atoms with van der Waals surface area (Å²) in [4.78, 5) is 26.4. The minimum atomic E-state index is -0.461. The molecule has 1 aromatic carbocycles. The Morgan fingerprint density at radius 3 is 2.87 bits per heavy atom. The van der Waals surface area contributed by atoms with Crippen molar-refractivity contribution in [2.24, 2.45) is 5.92 Å². The van der Waals surface area contributed by atoms with Gasteiger partial charge in [0.05, 0.1) is 12.3 Å². The molecule has 0 unspecified atom stereocenters. The van der Waals surface area contributed by atoms with Gasteiger partial charge in [-0.15, -0.1) is 11.3 Å². The summed E-state index contributed by atoms with van der Waals surface area (Å²) in [5.74, 6) is 1.13. The number of anilines is 2. The van der Waals surface area contributed by atoms with Gasteiger partial charge in [0.1, 0.15) is 11.5 Å². The van der Waals surface area contributed by atoms with E-state index in [-0.39, 0.29) is 0 Å². The number of aromatic nitrogens is 1. The van der Waals surface area contributed by atoms with Gasteiger partial charge in [-0.05, 0) is 18.1 Å². The van der Waals surface area contributed by atoms with Crippen LogP contribution in [0.3, 0.4) is 0 Å². The first kappa shape index (κ1) is 16.8. The first-order valence-corrected chi connectivity index (χ1v) is 7.81. The maximum absolute atomic E-state index is 12.0. The van der Waals surface area contributed by atoms with E-state index in [1.807, 2.05) is 13.8 Å². The fourth-order valence-electron chi connectivity index (χ4n) is 1.65. The van der Waals surface area contributed by atoms with Gasteiger partial charge >= 0.3 is 6.03 Å². The number of carbonyl (C=O) groups is 2. The van der Waals surface area contributed by atoms with E-state index in [0.29, 0.717) is 41.3 Å². The van der Waals surface area contributed by atoms with Gasteiger partial charge in [-0.3, -0.25) is 10.1 Å². The number of carbonyl (C=O) groups excluding carboxylic acids is 2. The van der Waals surface area contributed by atoms with Crippen molar-refractivity contribution in [1.29, 1.82) is 0 Å². The summed E-state index contributed by atoms with van der Waals surface area (Å²) in [5, 5.41) is 7.51. The lowest BCUT2D eigenvalue weighted by atomic mass is 10.2. The molecule has 2 N–H and O–H groups in total. The fourth-order valence-corrected chi connectivity index (χ4v) is 2.18. The van der Waals surface area contributed by atoms with Gasteiger partial charge in [0, 0.05) is 17.6 Å². The zero-order valence-corrected chi connectivity index (χ0v) is 13.6. The minimum absolute atomic E-state index is 0.307. The number of ether oxygens (including phenoxy) is 2. The third-order valence-corrected chi connectivity index (χ3v) is 3.30. The molecule has 2 amide bonds. The maximum atomic E-state index is 12.0. The van der Waals surface area contributed by atoms with Gasteiger partial charge in [0.2, 0.25) is 0 Å². The molecule has 7 nitrogen and oxygen atoms in total. The molecule has 1 aromatic heterocycles. The van der Waals surface area contributed by atoms with Gasteiger partial charge < -0.3 is 14.8 Å². The van der Waals surface area contributed by atoms with Crippen LogP contribution in [0.15, 0.2) is 29.8 Å². The summed E-state index contributed by atoms with van der Waals surface area (Å²) in [7, 11) is 0. The van der Waals surface area contributed by atoms with Crippen LogP contribution in [-0.2, 0) is 4.79 Å². The molecule has 0 atom stereocenters. The van der Waals surface area contributed by atoms with Crippen LogP contribution in [0.4, 0.5) is 15.6 Å². The first-order valence-electron chi connectivity index (χ1n) is 6.93. The highest BCUT2D eigenvalue weighted by Gasteiger charge is 2.11. The molecule has 0 aliphatic rings. The molecule has 0 saturated heterocycles. The lowest BCUT2D eigenvalue weighted by Gasteiger charge is -2.14. The quantitative estimate of drug-likeness (QED) is 0.757. The molecule has 0 saturated carbocycles. The van der Waals surface area contributed by atoms with Crippen LogP contribution in [0.5, 0.6) is 11.5 Å². The van der Waals surface area contributed by atoms with E-state index in [9.17, 15) is 9.59 Å². The molecule has 8 heteroatoms. The number of amides is 2. The number of urea groups is 1. The Balaban J connectivity index is 2.13. The van der Waals surface area contributed by atoms with Crippen molar-refractivity contribution in [1.82, 2.24) is 4.98 Å². The van der Waals surface area contributed by atoms with E-state index in [1.165, 1.54) is 17.4 Å². The summed E-state index contributed by atoms with van der Waals surface area (Å²) >= 11 is 1.31. The second-order valence-corrected chi connectivity index (χ2v) is 5.89. The molecule has 0 fully saturated rings. The van der Waals surface area contributed by atoms with Gasteiger partial charge in [-0.1, -0.05) is 13.8 Å². The molecule has 23 heavy (non-hydrogen) atoms. The second-order valence-electron chi connectivity index (χ2n) is 4.99. The molecule has 1 heterocycles. The number of hydrogen-bond donors (Lipinski definition) is 2. The normalized spacial score (nSPS) is 10.2. The Hall–Kier alpha value is -2.61. The molecular formula is C15H17N3O4S. The molecule has 0 aliphatic heterocycles. The van der Waals surface area contributed by atoms with E-state index in [1.54, 1.807) is 23.7 Å². The van der Waals surface area contributed by atoms with Crippen molar-refractivity contribution in [2.75, 3.05) is 17.2 Å². The third-order valence-electron chi connectivity index (χ3n) is 2.61. The number of nitrogens with one attached hydrogen (secondary N) is 2. The van der Waals surface area contributed by atoms with Gasteiger partial charge in [0.15, 0.2) is 5.13 Å². The Morgan fingerprint density at radius 1 is 1.39 bits per heavy atom. The monoisotopic (exact) mass is 335 g/mol. The van der Waals surface area contributed by atoms with Gasteiger partial charge in [-0.25, -0.2) is 9.78 Å². The van der Waals surface area contributed by atoms with Crippen LogP contribution in [0, 0.1) is 5.92 Å². The van der Waals surface area contributed by atoms with Crippen molar-refractivity contribution in [3.63, 3.8) is 0 Å². The maximum Gasteiger partial charge on any atom is 0.325 e. The highest BCUT2D eigenvalue weighted by molar-refractivity contribution is 7.13. The number of hydrogen-bond acceptors (Lipinski definition) is 6. The summed E-state index contributed by atoms with van der Waals surface area (Å²) in [5.41, 5.74) is 0.402. The lowest BCUT2D eigenvalue weighted by molar-refractivity contribution is -0.120. The predicted octanol–water partition coefficient (Wildman–Crippen LogP) is 3.36. The smallest absolute Gasteiger partial charge is 0.325 e. The Labute approximate surface area is 137 Å². The largest absolute Gasteiger partial charge is 0.491 e. The number of thiazole rings is 1. The van der Waals surface area contributed by atoms with Crippen LogP contribution < -0.4 is 20.1 Å². The second kappa shape index (κ2) is 8.14. The summed E-state index contributed by atoms with van der Waals surface area (Å²) in [6.07, 6.45) is 1.59. The third kappa shape index (κ3) is 5.26. The SMILES string of the molecule is CC(C)COc1ccc(OC=O)cc1NC(=O)Nc1nccs1. The molecule has 122 valence electrons. The van der Waals surface area contributed by atoms with Crippen molar-refractivity contribution in [2.45, 2.75) is 13.8 Å². The summed E-state index contributed by atoms with van der Waals surface area (Å²) in [6, 6.07) is 4.29. The zero-order valence-electron chi connectivity index (χ0n) is 12.7. The van der Waals surface area contributed by atoms with E-state index in [2.05, 4.69) is 15.6 Å². The molecular weight excluding hydrogens is 318 g/mol. The predicted molar refractivity (Wildman–Crippen MR) is 88.2 cm³/mol. The van der Waals surface area contributed by atoms with E-state index in [4.69, 9.17) is 9.47 Å². The van der Waals surface area contributed by atoms with Crippen molar-refractivity contribution in [3.05, 3.63) is 29.8 Å². The van der Waals surface area contributed by atoms with E-state index < -0.39 is 6.03 Å². The van der Waals surface area contributed by atoms with Crippen LogP contribution in [0.25, 0.3) is 0 Å². The van der Waals surface area contributed by atoms with Crippen LogP contribution >= 0.6 is 11.3 Å². The highest BCUT2D eigenvalue weighted by Crippen LogP contribution is 2.30. The Morgan fingerprint density at radius 2 is 2.22 bits per heavy atom. The van der Waals surface area contributed by atoms with Crippen molar-refractivity contribution >= 4 is 34.7 Å². The zero-order chi connectivity index (χ0) is 16.7. The topological polar surface area (TPSA) is 89.5 Å². The summed E-state index contributed by atoms with van der Waals surface area (Å²) < 4.78 is 10.5. The number of nitrogens with zero attached hydrogens (tertiary/aromatic N) is 1. The number of benzene rings is 1. The number of rotatable bonds is 7. The van der Waals surface area contributed by atoms with Crippen molar-refractivity contribution < 1.29 is 19.1 Å². The minimum Gasteiger partial charge on any atom is -0.491 e. The van der Waals surface area contributed by atoms with Crippen LogP contribution in [-0.4, -0.2) is 24.1 Å². The average Bonchev–Trinajstić information content (AvgIpc) is 2.99.